The largest absolute Gasteiger partial charge is 0.239 e. The molecule has 0 aromatic heterocycles. The van der Waals surface area contributed by atoms with Gasteiger partial charge >= 0.3 is 0 Å². The summed E-state index contributed by atoms with van der Waals surface area (Å²) in [6.45, 7) is 36.9. The molecule has 0 radical (unpaired) electrons. The Morgan fingerprint density at radius 2 is 1.44 bits per heavy atom. The average molecular weight is 495 g/mol. The fourth-order valence-corrected chi connectivity index (χ4v) is 3.13. The molecule has 0 nitrogen and oxygen atoms in total. The number of rotatable bonds is 6. The van der Waals surface area contributed by atoms with Gasteiger partial charge in [-0.3, -0.25) is 0 Å². The van der Waals surface area contributed by atoms with Crippen LogP contribution >= 0.6 is 0 Å². The van der Waals surface area contributed by atoms with E-state index in [0.29, 0.717) is 0 Å². The molecule has 1 heteroatoms. The molecular formula is C35H55F. The van der Waals surface area contributed by atoms with Gasteiger partial charge in [-0.15, -0.1) is 0 Å². The molecule has 1 aromatic carbocycles. The first-order valence-corrected chi connectivity index (χ1v) is 13.4. The molecule has 0 unspecified atom stereocenters. The Bertz CT molecular complexity index is 870. The standard InChI is InChI=1S/C11H18.C10H13F.C10H12.2C2H6/c1-6-10(7-2)11(8-3)9(4)5;1-8-4-6-9(7-5-8)10(2,3)11;1-8(2)10-6-4-5-9(3)7-10;2*1-2/h8H,3-4,6-7H2,1-2,5H3;4-7H,1-3H3;4,6-7H,1,3,5H2,2H3;2*1-2H3. The minimum atomic E-state index is -1.21. The first-order chi connectivity index (χ1) is 16.9. The van der Waals surface area contributed by atoms with Crippen LogP contribution < -0.4 is 0 Å². The molecule has 0 amide bonds. The van der Waals surface area contributed by atoms with Crippen molar-refractivity contribution in [2.24, 2.45) is 0 Å². The van der Waals surface area contributed by atoms with Crippen LogP contribution in [-0.4, -0.2) is 0 Å². The maximum atomic E-state index is 13.3. The summed E-state index contributed by atoms with van der Waals surface area (Å²) in [6, 6.07) is 7.51. The minimum absolute atomic E-state index is 0.739. The Morgan fingerprint density at radius 3 is 1.69 bits per heavy atom. The van der Waals surface area contributed by atoms with E-state index < -0.39 is 5.67 Å². The van der Waals surface area contributed by atoms with Crippen LogP contribution in [0.15, 0.2) is 108 Å². The summed E-state index contributed by atoms with van der Waals surface area (Å²) >= 11 is 0. The van der Waals surface area contributed by atoms with Crippen molar-refractivity contribution < 1.29 is 4.39 Å². The summed E-state index contributed by atoms with van der Waals surface area (Å²) < 4.78 is 13.3. The predicted molar refractivity (Wildman–Crippen MR) is 166 cm³/mol. The van der Waals surface area contributed by atoms with Crippen LogP contribution in [0.1, 0.15) is 99.6 Å². The van der Waals surface area contributed by atoms with Crippen LogP contribution in [0.2, 0.25) is 0 Å². The zero-order chi connectivity index (χ0) is 28.9. The molecule has 1 aliphatic rings. The fourth-order valence-electron chi connectivity index (χ4n) is 3.13. The summed E-state index contributed by atoms with van der Waals surface area (Å²) in [5.41, 5.74) is 7.99. The first kappa shape index (κ1) is 37.9. The third-order valence-electron chi connectivity index (χ3n) is 5.17. The third-order valence-corrected chi connectivity index (χ3v) is 5.17. The molecule has 1 aliphatic carbocycles. The normalized spacial score (nSPS) is 11.3. The van der Waals surface area contributed by atoms with Crippen molar-refractivity contribution in [2.45, 2.75) is 101 Å². The summed E-state index contributed by atoms with van der Waals surface area (Å²) in [7, 11) is 0. The second-order valence-electron chi connectivity index (χ2n) is 8.69. The monoisotopic (exact) mass is 494 g/mol. The highest BCUT2D eigenvalue weighted by atomic mass is 19.1. The highest BCUT2D eigenvalue weighted by Gasteiger charge is 2.17. The second kappa shape index (κ2) is 21.6. The number of hydrogen-bond donors (Lipinski definition) is 0. The summed E-state index contributed by atoms with van der Waals surface area (Å²) in [6.07, 6.45) is 11.4. The van der Waals surface area contributed by atoms with Crippen molar-refractivity contribution in [2.75, 3.05) is 0 Å². The summed E-state index contributed by atoms with van der Waals surface area (Å²) in [4.78, 5) is 0. The van der Waals surface area contributed by atoms with Gasteiger partial charge in [-0.05, 0) is 70.6 Å². The molecular weight excluding hydrogens is 439 g/mol. The molecule has 0 aliphatic heterocycles. The van der Waals surface area contributed by atoms with Crippen LogP contribution in [0.4, 0.5) is 4.39 Å². The van der Waals surface area contributed by atoms with Crippen LogP contribution in [-0.2, 0) is 5.67 Å². The van der Waals surface area contributed by atoms with E-state index in [0.717, 1.165) is 41.5 Å². The topological polar surface area (TPSA) is 0 Å². The van der Waals surface area contributed by atoms with Crippen molar-refractivity contribution in [1.29, 1.82) is 0 Å². The van der Waals surface area contributed by atoms with Crippen molar-refractivity contribution in [3.63, 3.8) is 0 Å². The van der Waals surface area contributed by atoms with E-state index in [9.17, 15) is 4.39 Å². The van der Waals surface area contributed by atoms with Gasteiger partial charge in [-0.2, -0.15) is 0 Å². The van der Waals surface area contributed by atoms with Crippen molar-refractivity contribution in [3.8, 4) is 0 Å². The summed E-state index contributed by atoms with van der Waals surface area (Å²) in [5.74, 6) is 0. The Labute approximate surface area is 224 Å². The van der Waals surface area contributed by atoms with Gasteiger partial charge in [0.25, 0.3) is 0 Å². The van der Waals surface area contributed by atoms with Gasteiger partial charge in [-0.1, -0.05) is 144 Å². The molecule has 1 aromatic rings. The van der Waals surface area contributed by atoms with Crippen molar-refractivity contribution >= 4 is 0 Å². The van der Waals surface area contributed by atoms with Gasteiger partial charge in [-0.25, -0.2) is 4.39 Å². The molecule has 2 rings (SSSR count). The second-order valence-corrected chi connectivity index (χ2v) is 8.69. The molecule has 0 N–H and O–H groups in total. The van der Waals surface area contributed by atoms with E-state index in [-0.39, 0.29) is 0 Å². The van der Waals surface area contributed by atoms with Crippen LogP contribution in [0.5, 0.6) is 0 Å². The SMILES string of the molecule is C=C1C=C(C(=C)C)C=CC1.C=CC(C(=C)C)=C(CC)CC.CC.CC.Cc1ccc(C(C)(C)F)cc1. The molecule has 0 bridgehead atoms. The van der Waals surface area contributed by atoms with Gasteiger partial charge in [0.05, 0.1) is 0 Å². The highest BCUT2D eigenvalue weighted by Crippen LogP contribution is 2.24. The number of benzene rings is 1. The van der Waals surface area contributed by atoms with Crippen LogP contribution in [0, 0.1) is 6.92 Å². The lowest BCUT2D eigenvalue weighted by atomic mass is 9.98. The van der Waals surface area contributed by atoms with Gasteiger partial charge < -0.3 is 0 Å². The molecule has 0 atom stereocenters. The number of aryl methyl sites for hydroxylation is 1. The molecule has 0 saturated carbocycles. The molecule has 202 valence electrons. The van der Waals surface area contributed by atoms with E-state index in [1.807, 2.05) is 78.8 Å². The van der Waals surface area contributed by atoms with Gasteiger partial charge in [0.2, 0.25) is 0 Å². The Kier molecular flexibility index (Phi) is 22.7. The predicted octanol–water partition coefficient (Wildman–Crippen LogP) is 12.1. The Balaban J connectivity index is -0.000000424. The molecule has 0 heterocycles. The fraction of sp³-hybridized carbons (Fsp3) is 0.429. The molecule has 0 spiro atoms. The lowest BCUT2D eigenvalue weighted by Crippen LogP contribution is -2.08. The van der Waals surface area contributed by atoms with Crippen molar-refractivity contribution in [1.82, 2.24) is 0 Å². The third kappa shape index (κ3) is 16.9. The smallest absolute Gasteiger partial charge is 0.130 e. The van der Waals surface area contributed by atoms with E-state index in [1.54, 1.807) is 13.8 Å². The number of allylic oxidation sites excluding steroid dienone is 10. The lowest BCUT2D eigenvalue weighted by Gasteiger charge is -2.14. The van der Waals surface area contributed by atoms with E-state index >= 15 is 0 Å². The number of hydrogen-bond acceptors (Lipinski definition) is 0. The molecule has 36 heavy (non-hydrogen) atoms. The molecule has 0 fully saturated rings. The Morgan fingerprint density at radius 1 is 0.972 bits per heavy atom. The van der Waals surface area contributed by atoms with E-state index in [2.05, 4.69) is 58.4 Å². The van der Waals surface area contributed by atoms with Crippen molar-refractivity contribution in [3.05, 3.63) is 119 Å². The lowest BCUT2D eigenvalue weighted by molar-refractivity contribution is 0.221. The van der Waals surface area contributed by atoms with E-state index in [4.69, 9.17) is 0 Å². The first-order valence-electron chi connectivity index (χ1n) is 13.4. The zero-order valence-electron chi connectivity index (χ0n) is 25.4. The minimum Gasteiger partial charge on any atom is -0.239 e. The number of halogens is 1. The maximum absolute atomic E-state index is 13.3. The average Bonchev–Trinajstić information content (AvgIpc) is 2.85. The summed E-state index contributed by atoms with van der Waals surface area (Å²) in [5, 5.41) is 0. The molecule has 0 saturated heterocycles. The van der Waals surface area contributed by atoms with Gasteiger partial charge in [0.15, 0.2) is 0 Å². The Hall–Kier alpha value is -2.67. The van der Waals surface area contributed by atoms with Gasteiger partial charge in [0.1, 0.15) is 5.67 Å². The zero-order valence-corrected chi connectivity index (χ0v) is 25.4. The van der Waals surface area contributed by atoms with Crippen LogP contribution in [0.3, 0.4) is 0 Å². The highest BCUT2D eigenvalue weighted by molar-refractivity contribution is 5.45. The maximum Gasteiger partial charge on any atom is 0.130 e. The number of alkyl halides is 1. The van der Waals surface area contributed by atoms with Crippen LogP contribution in [0.25, 0.3) is 0 Å². The van der Waals surface area contributed by atoms with E-state index in [1.165, 1.54) is 22.3 Å². The quantitative estimate of drug-likeness (QED) is 0.345. The van der Waals surface area contributed by atoms with Gasteiger partial charge in [0, 0.05) is 0 Å².